The molecule has 0 radical (unpaired) electrons. The number of carbonyl (C=O) groups excluding carboxylic acids is 1. The van der Waals surface area contributed by atoms with Crippen molar-refractivity contribution in [2.24, 2.45) is 5.92 Å². The SMILES string of the molecule is C[C@@H](C[C@@](C)(Cc1ccc(-c2ccccc2)cc1)N(Cc1ccccc1)Cc1ccccc1)C(=O)N1CCC[C@H]1CO. The Morgan fingerprint density at radius 3 is 1.88 bits per heavy atom. The molecule has 0 unspecified atom stereocenters. The fraction of sp³-hybridized carbons (Fsp3) is 0.342. The third-order valence-electron chi connectivity index (χ3n) is 8.88. The first-order valence-electron chi connectivity index (χ1n) is 15.3. The van der Waals surface area contributed by atoms with Crippen LogP contribution in [0.5, 0.6) is 0 Å². The molecule has 1 aliphatic rings. The molecule has 3 atom stereocenters. The van der Waals surface area contributed by atoms with Crippen LogP contribution in [0.2, 0.25) is 0 Å². The first-order chi connectivity index (χ1) is 20.4. The Hall–Kier alpha value is -3.73. The maximum absolute atomic E-state index is 13.8. The Balaban J connectivity index is 1.47. The topological polar surface area (TPSA) is 43.8 Å². The Morgan fingerprint density at radius 1 is 0.810 bits per heavy atom. The van der Waals surface area contributed by atoms with Gasteiger partial charge in [0.1, 0.15) is 0 Å². The molecule has 0 bridgehead atoms. The average Bonchev–Trinajstić information content (AvgIpc) is 3.51. The van der Waals surface area contributed by atoms with Gasteiger partial charge in [0.2, 0.25) is 5.91 Å². The number of hydrogen-bond donors (Lipinski definition) is 1. The van der Waals surface area contributed by atoms with E-state index in [0.29, 0.717) is 0 Å². The van der Waals surface area contributed by atoms with Crippen LogP contribution in [0.3, 0.4) is 0 Å². The summed E-state index contributed by atoms with van der Waals surface area (Å²) in [5.74, 6) is -0.00337. The zero-order valence-electron chi connectivity index (χ0n) is 25.0. The summed E-state index contributed by atoms with van der Waals surface area (Å²) in [6.45, 7) is 6.77. The molecule has 218 valence electrons. The Morgan fingerprint density at radius 2 is 1.33 bits per heavy atom. The van der Waals surface area contributed by atoms with Crippen LogP contribution in [0.25, 0.3) is 11.1 Å². The van der Waals surface area contributed by atoms with Crippen LogP contribution < -0.4 is 0 Å². The number of amides is 1. The Labute approximate surface area is 251 Å². The van der Waals surface area contributed by atoms with Gasteiger partial charge in [0, 0.05) is 31.1 Å². The van der Waals surface area contributed by atoms with Gasteiger partial charge in [-0.15, -0.1) is 0 Å². The van der Waals surface area contributed by atoms with E-state index in [1.807, 2.05) is 11.0 Å². The molecular formula is C38H44N2O2. The Kier molecular flexibility index (Phi) is 9.89. The zero-order valence-corrected chi connectivity index (χ0v) is 25.0. The molecule has 1 fully saturated rings. The standard InChI is InChI=1S/C38H44N2O2/c1-30(37(42)40-24-12-19-36(40)29-41)25-38(2,26-31-20-22-35(23-21-31)34-17-10-5-11-18-34)39(27-32-13-6-3-7-14-32)28-33-15-8-4-9-16-33/h3-11,13-18,20-23,30,36,41H,12,19,24-29H2,1-2H3/t30-,36-,38-/m0/s1. The van der Waals surface area contributed by atoms with E-state index in [9.17, 15) is 9.90 Å². The van der Waals surface area contributed by atoms with Crippen LogP contribution in [-0.2, 0) is 24.3 Å². The quantitative estimate of drug-likeness (QED) is 0.197. The van der Waals surface area contributed by atoms with Gasteiger partial charge >= 0.3 is 0 Å². The van der Waals surface area contributed by atoms with Gasteiger partial charge in [-0.25, -0.2) is 0 Å². The molecule has 4 aromatic carbocycles. The summed E-state index contributed by atoms with van der Waals surface area (Å²) < 4.78 is 0. The van der Waals surface area contributed by atoms with E-state index in [2.05, 4.69) is 128 Å². The number of likely N-dealkylation sites (tertiary alicyclic amines) is 1. The molecule has 4 heteroatoms. The second-order valence-electron chi connectivity index (χ2n) is 12.2. The van der Waals surface area contributed by atoms with E-state index in [4.69, 9.17) is 0 Å². The van der Waals surface area contributed by atoms with E-state index in [0.717, 1.165) is 45.3 Å². The van der Waals surface area contributed by atoms with E-state index in [1.54, 1.807) is 0 Å². The molecule has 0 spiro atoms. The van der Waals surface area contributed by atoms with Crippen LogP contribution in [0.1, 0.15) is 49.8 Å². The van der Waals surface area contributed by atoms with Crippen molar-refractivity contribution in [3.8, 4) is 11.1 Å². The van der Waals surface area contributed by atoms with Gasteiger partial charge < -0.3 is 10.0 Å². The molecule has 1 amide bonds. The lowest BCUT2D eigenvalue weighted by Gasteiger charge is -2.44. The normalized spacial score (nSPS) is 17.2. The summed E-state index contributed by atoms with van der Waals surface area (Å²) in [5, 5.41) is 9.91. The summed E-state index contributed by atoms with van der Waals surface area (Å²) in [6, 6.07) is 40.7. The number of benzene rings is 4. The number of rotatable bonds is 12. The van der Waals surface area contributed by atoms with Crippen molar-refractivity contribution in [3.63, 3.8) is 0 Å². The predicted octanol–water partition coefficient (Wildman–Crippen LogP) is 7.37. The highest BCUT2D eigenvalue weighted by Gasteiger charge is 2.38. The summed E-state index contributed by atoms with van der Waals surface area (Å²) in [7, 11) is 0. The van der Waals surface area contributed by atoms with Crippen LogP contribution in [0.4, 0.5) is 0 Å². The van der Waals surface area contributed by atoms with Gasteiger partial charge in [-0.3, -0.25) is 9.69 Å². The van der Waals surface area contributed by atoms with Gasteiger partial charge in [0.15, 0.2) is 0 Å². The highest BCUT2D eigenvalue weighted by molar-refractivity contribution is 5.79. The van der Waals surface area contributed by atoms with Crippen molar-refractivity contribution in [2.45, 2.75) is 64.2 Å². The fourth-order valence-corrected chi connectivity index (χ4v) is 6.59. The van der Waals surface area contributed by atoms with Gasteiger partial charge in [0.05, 0.1) is 12.6 Å². The monoisotopic (exact) mass is 560 g/mol. The molecule has 1 heterocycles. The van der Waals surface area contributed by atoms with Gasteiger partial charge in [-0.2, -0.15) is 0 Å². The number of aliphatic hydroxyl groups is 1. The molecule has 0 aromatic heterocycles. The summed E-state index contributed by atoms with van der Waals surface area (Å²) >= 11 is 0. The fourth-order valence-electron chi connectivity index (χ4n) is 6.59. The van der Waals surface area contributed by atoms with Gasteiger partial charge in [0.25, 0.3) is 0 Å². The first kappa shape index (κ1) is 29.8. The Bertz CT molecular complexity index is 1350. The highest BCUT2D eigenvalue weighted by Crippen LogP contribution is 2.34. The third kappa shape index (κ3) is 7.36. The van der Waals surface area contributed by atoms with Gasteiger partial charge in [-0.1, -0.05) is 122 Å². The van der Waals surface area contributed by atoms with Crippen LogP contribution in [0.15, 0.2) is 115 Å². The third-order valence-corrected chi connectivity index (χ3v) is 8.88. The average molecular weight is 561 g/mol. The number of aliphatic hydroxyl groups excluding tert-OH is 1. The summed E-state index contributed by atoms with van der Waals surface area (Å²) in [5.41, 5.74) is 5.90. The second kappa shape index (κ2) is 14.0. The molecule has 0 aliphatic carbocycles. The first-order valence-corrected chi connectivity index (χ1v) is 15.3. The molecular weight excluding hydrogens is 516 g/mol. The van der Waals surface area contributed by atoms with E-state index >= 15 is 0 Å². The smallest absolute Gasteiger partial charge is 0.225 e. The lowest BCUT2D eigenvalue weighted by molar-refractivity contribution is -0.138. The molecule has 4 nitrogen and oxygen atoms in total. The summed E-state index contributed by atoms with van der Waals surface area (Å²) in [4.78, 5) is 18.3. The van der Waals surface area contributed by atoms with Gasteiger partial charge in [-0.05, 0) is 60.4 Å². The molecule has 42 heavy (non-hydrogen) atoms. The maximum atomic E-state index is 13.8. The lowest BCUT2D eigenvalue weighted by atomic mass is 9.81. The minimum Gasteiger partial charge on any atom is -0.394 e. The minimum absolute atomic E-state index is 0.0393. The van der Waals surface area contributed by atoms with Crippen molar-refractivity contribution >= 4 is 5.91 Å². The minimum atomic E-state index is -0.302. The highest BCUT2D eigenvalue weighted by atomic mass is 16.3. The molecule has 5 rings (SSSR count). The molecule has 0 saturated carbocycles. The van der Waals surface area contributed by atoms with Crippen LogP contribution in [0, 0.1) is 5.92 Å². The van der Waals surface area contributed by atoms with Crippen molar-refractivity contribution < 1.29 is 9.90 Å². The number of nitrogens with zero attached hydrogens (tertiary/aromatic N) is 2. The van der Waals surface area contributed by atoms with Crippen LogP contribution >= 0.6 is 0 Å². The lowest BCUT2D eigenvalue weighted by Crippen LogP contribution is -2.50. The van der Waals surface area contributed by atoms with Crippen molar-refractivity contribution in [1.29, 1.82) is 0 Å². The molecule has 1 N–H and O–H groups in total. The van der Waals surface area contributed by atoms with E-state index in [1.165, 1.54) is 27.8 Å². The number of hydrogen-bond acceptors (Lipinski definition) is 3. The maximum Gasteiger partial charge on any atom is 0.225 e. The van der Waals surface area contributed by atoms with E-state index < -0.39 is 0 Å². The number of carbonyl (C=O) groups is 1. The predicted molar refractivity (Wildman–Crippen MR) is 172 cm³/mol. The zero-order chi connectivity index (χ0) is 29.4. The van der Waals surface area contributed by atoms with Crippen LogP contribution in [-0.4, -0.2) is 45.5 Å². The molecule has 1 saturated heterocycles. The van der Waals surface area contributed by atoms with Crippen molar-refractivity contribution in [2.75, 3.05) is 13.2 Å². The molecule has 1 aliphatic heterocycles. The largest absolute Gasteiger partial charge is 0.394 e. The summed E-state index contributed by atoms with van der Waals surface area (Å²) in [6.07, 6.45) is 3.39. The van der Waals surface area contributed by atoms with E-state index in [-0.39, 0.29) is 30.0 Å². The van der Waals surface area contributed by atoms with Crippen molar-refractivity contribution in [1.82, 2.24) is 9.80 Å². The molecule has 4 aromatic rings. The van der Waals surface area contributed by atoms with Crippen molar-refractivity contribution in [3.05, 3.63) is 132 Å². The second-order valence-corrected chi connectivity index (χ2v) is 12.2.